The summed E-state index contributed by atoms with van der Waals surface area (Å²) in [6.45, 7) is 0. The average Bonchev–Trinajstić information content (AvgIpc) is 2.41. The number of para-hydroxylation sites is 1. The molecular weight excluding hydrogens is 330 g/mol. The molecule has 0 aliphatic carbocycles. The highest BCUT2D eigenvalue weighted by Gasteiger charge is 2.15. The van der Waals surface area contributed by atoms with Crippen LogP contribution in [0.15, 0.2) is 52.0 Å². The molecule has 0 spiro atoms. The zero-order valence-corrected chi connectivity index (χ0v) is 12.5. The van der Waals surface area contributed by atoms with Crippen molar-refractivity contribution >= 4 is 37.5 Å². The van der Waals surface area contributed by atoms with Crippen molar-refractivity contribution in [3.63, 3.8) is 0 Å². The van der Waals surface area contributed by atoms with E-state index in [9.17, 15) is 8.42 Å². The van der Waals surface area contributed by atoms with E-state index in [1.165, 1.54) is 12.3 Å². The van der Waals surface area contributed by atoms with Gasteiger partial charge < -0.3 is 5.32 Å². The first kappa shape index (κ1) is 13.8. The summed E-state index contributed by atoms with van der Waals surface area (Å²) in [5, 5.41) is 2.83. The molecule has 1 heterocycles. The Kier molecular flexibility index (Phi) is 4.06. The van der Waals surface area contributed by atoms with Crippen LogP contribution in [-0.2, 0) is 10.0 Å². The number of halogens is 1. The SMILES string of the molecule is CNc1ccc(S(=O)(=O)Nc2ccccc2Br)cn1. The van der Waals surface area contributed by atoms with Gasteiger partial charge in [0.1, 0.15) is 10.7 Å². The topological polar surface area (TPSA) is 71.1 Å². The van der Waals surface area contributed by atoms with Gasteiger partial charge in [0.15, 0.2) is 0 Å². The van der Waals surface area contributed by atoms with Crippen molar-refractivity contribution in [3.8, 4) is 0 Å². The summed E-state index contributed by atoms with van der Waals surface area (Å²) >= 11 is 3.29. The molecule has 1 aromatic heterocycles. The van der Waals surface area contributed by atoms with Gasteiger partial charge in [-0.2, -0.15) is 0 Å². The first-order valence-electron chi connectivity index (χ1n) is 5.44. The predicted octanol–water partition coefficient (Wildman–Crippen LogP) is 2.69. The van der Waals surface area contributed by atoms with Crippen molar-refractivity contribution in [1.29, 1.82) is 0 Å². The molecule has 2 rings (SSSR count). The molecule has 0 saturated carbocycles. The average molecular weight is 342 g/mol. The molecule has 0 fully saturated rings. The highest BCUT2D eigenvalue weighted by molar-refractivity contribution is 9.10. The van der Waals surface area contributed by atoms with Crippen LogP contribution in [-0.4, -0.2) is 20.4 Å². The predicted molar refractivity (Wildman–Crippen MR) is 78.7 cm³/mol. The van der Waals surface area contributed by atoms with Crippen LogP contribution in [0.25, 0.3) is 0 Å². The van der Waals surface area contributed by atoms with Gasteiger partial charge in [-0.05, 0) is 40.2 Å². The van der Waals surface area contributed by atoms with E-state index in [0.717, 1.165) is 0 Å². The number of aromatic nitrogens is 1. The van der Waals surface area contributed by atoms with Crippen molar-refractivity contribution < 1.29 is 8.42 Å². The number of pyridine rings is 1. The molecule has 0 unspecified atom stereocenters. The normalized spacial score (nSPS) is 11.1. The number of anilines is 2. The smallest absolute Gasteiger partial charge is 0.263 e. The van der Waals surface area contributed by atoms with Crippen LogP contribution in [0.1, 0.15) is 0 Å². The lowest BCUT2D eigenvalue weighted by Gasteiger charge is -2.09. The number of hydrogen-bond donors (Lipinski definition) is 2. The molecule has 5 nitrogen and oxygen atoms in total. The Hall–Kier alpha value is -1.60. The molecule has 2 aromatic rings. The zero-order valence-electron chi connectivity index (χ0n) is 10.1. The Bertz CT molecular complexity index is 672. The molecule has 19 heavy (non-hydrogen) atoms. The third-order valence-electron chi connectivity index (χ3n) is 2.42. The van der Waals surface area contributed by atoms with Gasteiger partial charge in [0.05, 0.1) is 5.69 Å². The van der Waals surface area contributed by atoms with E-state index in [-0.39, 0.29) is 4.90 Å². The van der Waals surface area contributed by atoms with Crippen molar-refractivity contribution in [3.05, 3.63) is 47.1 Å². The van der Waals surface area contributed by atoms with Crippen LogP contribution in [0, 0.1) is 0 Å². The molecule has 7 heteroatoms. The highest BCUT2D eigenvalue weighted by atomic mass is 79.9. The number of nitrogens with one attached hydrogen (secondary N) is 2. The van der Waals surface area contributed by atoms with E-state index in [2.05, 4.69) is 31.0 Å². The molecule has 2 N–H and O–H groups in total. The van der Waals surface area contributed by atoms with Crippen molar-refractivity contribution in [2.24, 2.45) is 0 Å². The van der Waals surface area contributed by atoms with Gasteiger partial charge >= 0.3 is 0 Å². The molecular formula is C12H12BrN3O2S. The second-order valence-corrected chi connectivity index (χ2v) is 6.25. The van der Waals surface area contributed by atoms with E-state index in [1.54, 1.807) is 31.3 Å². The summed E-state index contributed by atoms with van der Waals surface area (Å²) in [6, 6.07) is 10.1. The van der Waals surface area contributed by atoms with Gasteiger partial charge in [-0.25, -0.2) is 13.4 Å². The Morgan fingerprint density at radius 2 is 1.89 bits per heavy atom. The van der Waals surface area contributed by atoms with Crippen LogP contribution < -0.4 is 10.0 Å². The lowest BCUT2D eigenvalue weighted by molar-refractivity contribution is 0.601. The first-order chi connectivity index (χ1) is 9.03. The largest absolute Gasteiger partial charge is 0.373 e. The van der Waals surface area contributed by atoms with Crippen LogP contribution in [0.2, 0.25) is 0 Å². The van der Waals surface area contributed by atoms with Crippen molar-refractivity contribution in [2.45, 2.75) is 4.90 Å². The molecule has 1 aromatic carbocycles. The molecule has 0 amide bonds. The van der Waals surface area contributed by atoms with Crippen LogP contribution in [0.4, 0.5) is 11.5 Å². The summed E-state index contributed by atoms with van der Waals surface area (Å²) in [5.41, 5.74) is 0.486. The van der Waals surface area contributed by atoms with Crippen molar-refractivity contribution in [1.82, 2.24) is 4.98 Å². The highest BCUT2D eigenvalue weighted by Crippen LogP contribution is 2.24. The molecule has 0 aliphatic rings. The summed E-state index contributed by atoms with van der Waals surface area (Å²) in [4.78, 5) is 4.10. The number of sulfonamides is 1. The quantitative estimate of drug-likeness (QED) is 0.896. The Labute approximate surface area is 120 Å². The number of benzene rings is 1. The van der Waals surface area contributed by atoms with Crippen LogP contribution in [0.3, 0.4) is 0 Å². The minimum atomic E-state index is -3.63. The first-order valence-corrected chi connectivity index (χ1v) is 7.72. The minimum absolute atomic E-state index is 0.113. The fourth-order valence-electron chi connectivity index (χ4n) is 1.43. The number of hydrogen-bond acceptors (Lipinski definition) is 4. The Morgan fingerprint density at radius 1 is 1.16 bits per heavy atom. The molecule has 100 valence electrons. The molecule has 0 radical (unpaired) electrons. The fourth-order valence-corrected chi connectivity index (χ4v) is 2.97. The van der Waals surface area contributed by atoms with E-state index >= 15 is 0 Å². The zero-order chi connectivity index (χ0) is 13.9. The van der Waals surface area contributed by atoms with Gasteiger partial charge in [-0.15, -0.1) is 0 Å². The monoisotopic (exact) mass is 341 g/mol. The standard InChI is InChI=1S/C12H12BrN3O2S/c1-14-12-7-6-9(8-15-12)19(17,18)16-11-5-3-2-4-10(11)13/h2-8,16H,1H3,(H,14,15). The summed E-state index contributed by atoms with van der Waals surface area (Å²) < 4.78 is 27.5. The fraction of sp³-hybridized carbons (Fsp3) is 0.0833. The second kappa shape index (κ2) is 5.58. The lowest BCUT2D eigenvalue weighted by Crippen LogP contribution is -2.13. The van der Waals surface area contributed by atoms with Crippen molar-refractivity contribution in [2.75, 3.05) is 17.1 Å². The lowest BCUT2D eigenvalue weighted by atomic mass is 10.3. The number of nitrogens with zero attached hydrogens (tertiary/aromatic N) is 1. The Morgan fingerprint density at radius 3 is 2.47 bits per heavy atom. The third-order valence-corrected chi connectivity index (χ3v) is 4.46. The third kappa shape index (κ3) is 3.24. The molecule has 0 atom stereocenters. The van der Waals surface area contributed by atoms with Gasteiger partial charge in [0.2, 0.25) is 0 Å². The van der Waals surface area contributed by atoms with Gasteiger partial charge in [-0.3, -0.25) is 4.72 Å². The van der Waals surface area contributed by atoms with E-state index in [1.807, 2.05) is 6.07 Å². The summed E-state index contributed by atoms with van der Waals surface area (Å²) in [5.74, 6) is 0.611. The second-order valence-electron chi connectivity index (χ2n) is 3.71. The van der Waals surface area contributed by atoms with Crippen LogP contribution >= 0.6 is 15.9 Å². The Balaban J connectivity index is 2.30. The maximum atomic E-state index is 12.2. The van der Waals surface area contributed by atoms with E-state index < -0.39 is 10.0 Å². The van der Waals surface area contributed by atoms with Gasteiger partial charge in [0.25, 0.3) is 10.0 Å². The maximum absolute atomic E-state index is 12.2. The summed E-state index contributed by atoms with van der Waals surface area (Å²) in [6.07, 6.45) is 1.31. The van der Waals surface area contributed by atoms with Gasteiger partial charge in [-0.1, -0.05) is 12.1 Å². The van der Waals surface area contributed by atoms with Gasteiger partial charge in [0, 0.05) is 17.7 Å². The molecule has 0 bridgehead atoms. The summed E-state index contributed by atoms with van der Waals surface area (Å²) in [7, 11) is -1.91. The molecule has 0 saturated heterocycles. The van der Waals surface area contributed by atoms with Crippen LogP contribution in [0.5, 0.6) is 0 Å². The van der Waals surface area contributed by atoms with E-state index in [4.69, 9.17) is 0 Å². The number of rotatable bonds is 4. The maximum Gasteiger partial charge on any atom is 0.263 e. The van der Waals surface area contributed by atoms with E-state index in [0.29, 0.717) is 16.0 Å². The molecule has 0 aliphatic heterocycles. The minimum Gasteiger partial charge on any atom is -0.373 e.